The van der Waals surface area contributed by atoms with Crippen molar-refractivity contribution < 1.29 is 14.3 Å². The number of rotatable bonds is 5. The van der Waals surface area contributed by atoms with Gasteiger partial charge in [-0.25, -0.2) is 9.18 Å². The van der Waals surface area contributed by atoms with Crippen molar-refractivity contribution in [3.8, 4) is 0 Å². The molecule has 3 N–H and O–H groups in total. The predicted octanol–water partition coefficient (Wildman–Crippen LogP) is 1.10. The molecule has 0 aliphatic heterocycles. The van der Waals surface area contributed by atoms with Crippen LogP contribution in [0.1, 0.15) is 10.4 Å². The van der Waals surface area contributed by atoms with Crippen LogP contribution in [0.25, 0.3) is 0 Å². The Bertz CT molecular complexity index is 449. The molecule has 0 spiro atoms. The lowest BCUT2D eigenvalue weighted by Gasteiger charge is -2.22. The Kier molecular flexibility index (Phi) is 4.49. The van der Waals surface area contributed by atoms with E-state index in [1.807, 2.05) is 19.0 Å². The number of aromatic carboxylic acids is 1. The van der Waals surface area contributed by atoms with Gasteiger partial charge in [0.1, 0.15) is 5.82 Å². The second kappa shape index (κ2) is 5.68. The average molecular weight is 255 g/mol. The zero-order valence-corrected chi connectivity index (χ0v) is 10.8. The Morgan fingerprint density at radius 3 is 2.44 bits per heavy atom. The first-order valence-corrected chi connectivity index (χ1v) is 5.51. The van der Waals surface area contributed by atoms with Crippen LogP contribution in [0, 0.1) is 5.82 Å². The minimum Gasteiger partial charge on any atom is -0.478 e. The number of carboxylic acid groups (broad SMARTS) is 1. The van der Waals surface area contributed by atoms with Gasteiger partial charge in [-0.15, -0.1) is 0 Å². The molecule has 1 aromatic carbocycles. The van der Waals surface area contributed by atoms with Crippen LogP contribution in [-0.4, -0.2) is 50.2 Å². The zero-order chi connectivity index (χ0) is 13.9. The van der Waals surface area contributed by atoms with E-state index in [0.29, 0.717) is 6.54 Å². The normalized spacial score (nSPS) is 10.7. The number of halogens is 1. The average Bonchev–Trinajstić information content (AvgIpc) is 2.25. The van der Waals surface area contributed by atoms with E-state index in [1.54, 1.807) is 11.9 Å². The van der Waals surface area contributed by atoms with Crippen molar-refractivity contribution in [2.45, 2.75) is 0 Å². The van der Waals surface area contributed by atoms with E-state index in [9.17, 15) is 9.18 Å². The quantitative estimate of drug-likeness (QED) is 0.771. The molecule has 0 saturated carbocycles. The number of likely N-dealkylation sites (N-methyl/N-ethyl adjacent to an activating group) is 2. The fraction of sp³-hybridized carbons (Fsp3) is 0.417. The highest BCUT2D eigenvalue weighted by molar-refractivity contribution is 5.95. The Balaban J connectivity index is 3.01. The number of carboxylic acids is 1. The van der Waals surface area contributed by atoms with E-state index in [1.165, 1.54) is 6.07 Å². The van der Waals surface area contributed by atoms with Crippen LogP contribution >= 0.6 is 0 Å². The van der Waals surface area contributed by atoms with Gasteiger partial charge in [-0.05, 0) is 26.2 Å². The maximum absolute atomic E-state index is 13.7. The topological polar surface area (TPSA) is 69.8 Å². The Morgan fingerprint density at radius 1 is 1.33 bits per heavy atom. The molecule has 5 nitrogen and oxygen atoms in total. The largest absolute Gasteiger partial charge is 0.478 e. The zero-order valence-electron chi connectivity index (χ0n) is 10.8. The molecule has 0 bridgehead atoms. The molecule has 0 atom stereocenters. The molecule has 0 unspecified atom stereocenters. The van der Waals surface area contributed by atoms with E-state index in [2.05, 4.69) is 0 Å². The van der Waals surface area contributed by atoms with Crippen LogP contribution in [0.15, 0.2) is 12.1 Å². The van der Waals surface area contributed by atoms with Crippen LogP contribution in [0.3, 0.4) is 0 Å². The highest BCUT2D eigenvalue weighted by atomic mass is 19.1. The summed E-state index contributed by atoms with van der Waals surface area (Å²) in [6.07, 6.45) is 0. The standard InChI is InChI=1S/C12H18FN3O2/c1-15(2)4-5-16(3)11-6-8(12(17)18)10(14)7-9(11)13/h6-7H,4-5,14H2,1-3H3,(H,17,18). The van der Waals surface area contributed by atoms with E-state index in [4.69, 9.17) is 10.8 Å². The van der Waals surface area contributed by atoms with Gasteiger partial charge in [-0.3, -0.25) is 0 Å². The number of benzene rings is 1. The van der Waals surface area contributed by atoms with E-state index < -0.39 is 11.8 Å². The number of carbonyl (C=O) groups is 1. The highest BCUT2D eigenvalue weighted by Gasteiger charge is 2.15. The van der Waals surface area contributed by atoms with Crippen LogP contribution < -0.4 is 10.6 Å². The summed E-state index contributed by atoms with van der Waals surface area (Å²) in [6.45, 7) is 1.33. The first-order valence-electron chi connectivity index (χ1n) is 5.51. The molecule has 100 valence electrons. The molecule has 1 rings (SSSR count). The van der Waals surface area contributed by atoms with Gasteiger partial charge in [-0.2, -0.15) is 0 Å². The highest BCUT2D eigenvalue weighted by Crippen LogP contribution is 2.24. The number of nitrogens with zero attached hydrogens (tertiary/aromatic N) is 2. The van der Waals surface area contributed by atoms with Crippen molar-refractivity contribution in [1.82, 2.24) is 4.90 Å². The fourth-order valence-electron chi connectivity index (χ4n) is 1.53. The van der Waals surface area contributed by atoms with Gasteiger partial charge in [0, 0.05) is 25.8 Å². The monoisotopic (exact) mass is 255 g/mol. The van der Waals surface area contributed by atoms with Crippen molar-refractivity contribution in [2.24, 2.45) is 0 Å². The van der Waals surface area contributed by atoms with Gasteiger partial charge in [0.25, 0.3) is 0 Å². The maximum Gasteiger partial charge on any atom is 0.337 e. The lowest BCUT2D eigenvalue weighted by Crippen LogP contribution is -2.29. The van der Waals surface area contributed by atoms with E-state index in [-0.39, 0.29) is 16.9 Å². The van der Waals surface area contributed by atoms with Gasteiger partial charge in [-0.1, -0.05) is 0 Å². The molecular formula is C12H18FN3O2. The van der Waals surface area contributed by atoms with Crippen molar-refractivity contribution in [1.29, 1.82) is 0 Å². The van der Waals surface area contributed by atoms with E-state index in [0.717, 1.165) is 12.6 Å². The molecule has 0 aromatic heterocycles. The molecule has 18 heavy (non-hydrogen) atoms. The summed E-state index contributed by atoms with van der Waals surface area (Å²) in [6, 6.07) is 2.31. The van der Waals surface area contributed by atoms with E-state index >= 15 is 0 Å². The molecule has 0 amide bonds. The SMILES string of the molecule is CN(C)CCN(C)c1cc(C(=O)O)c(N)cc1F. The first kappa shape index (κ1) is 14.2. The predicted molar refractivity (Wildman–Crippen MR) is 69.6 cm³/mol. The Hall–Kier alpha value is -1.82. The van der Waals surface area contributed by atoms with Crippen molar-refractivity contribution in [2.75, 3.05) is 44.9 Å². The smallest absolute Gasteiger partial charge is 0.337 e. The summed E-state index contributed by atoms with van der Waals surface area (Å²) in [5.74, 6) is -1.67. The maximum atomic E-state index is 13.7. The number of nitrogens with two attached hydrogens (primary N) is 1. The fourth-order valence-corrected chi connectivity index (χ4v) is 1.53. The van der Waals surface area contributed by atoms with Crippen LogP contribution in [0.4, 0.5) is 15.8 Å². The molecule has 0 saturated heterocycles. The number of anilines is 2. The van der Waals surface area contributed by atoms with Gasteiger partial charge in [0.05, 0.1) is 11.3 Å². The lowest BCUT2D eigenvalue weighted by molar-refractivity contribution is 0.0698. The minimum absolute atomic E-state index is 0.0650. The third-order valence-corrected chi connectivity index (χ3v) is 2.64. The summed E-state index contributed by atoms with van der Waals surface area (Å²) in [7, 11) is 5.54. The summed E-state index contributed by atoms with van der Waals surface area (Å²) in [5.41, 5.74) is 5.56. The summed E-state index contributed by atoms with van der Waals surface area (Å²) in [5, 5.41) is 8.95. The van der Waals surface area contributed by atoms with Crippen molar-refractivity contribution in [3.63, 3.8) is 0 Å². The molecule has 0 aliphatic rings. The van der Waals surface area contributed by atoms with Crippen LogP contribution in [0.5, 0.6) is 0 Å². The van der Waals surface area contributed by atoms with Crippen molar-refractivity contribution in [3.05, 3.63) is 23.5 Å². The minimum atomic E-state index is -1.16. The third-order valence-electron chi connectivity index (χ3n) is 2.64. The number of hydrogen-bond acceptors (Lipinski definition) is 4. The van der Waals surface area contributed by atoms with Crippen LogP contribution in [0.2, 0.25) is 0 Å². The molecule has 0 heterocycles. The molecule has 0 fully saturated rings. The van der Waals surface area contributed by atoms with Gasteiger partial charge >= 0.3 is 5.97 Å². The second-order valence-electron chi connectivity index (χ2n) is 4.42. The first-order chi connectivity index (χ1) is 8.32. The summed E-state index contributed by atoms with van der Waals surface area (Å²) < 4.78 is 13.7. The number of hydrogen-bond donors (Lipinski definition) is 2. The Labute approximate surface area is 106 Å². The second-order valence-corrected chi connectivity index (χ2v) is 4.42. The third kappa shape index (κ3) is 3.33. The van der Waals surface area contributed by atoms with Gasteiger partial charge in [0.2, 0.25) is 0 Å². The number of nitrogen functional groups attached to an aromatic ring is 1. The molecule has 0 radical (unpaired) electrons. The Morgan fingerprint density at radius 2 is 1.94 bits per heavy atom. The van der Waals surface area contributed by atoms with Gasteiger partial charge in [0.15, 0.2) is 0 Å². The molecule has 0 aliphatic carbocycles. The molecular weight excluding hydrogens is 237 g/mol. The molecule has 1 aromatic rings. The summed E-state index contributed by atoms with van der Waals surface area (Å²) in [4.78, 5) is 14.6. The van der Waals surface area contributed by atoms with Crippen molar-refractivity contribution >= 4 is 17.3 Å². The molecule has 6 heteroatoms. The summed E-state index contributed by atoms with van der Waals surface area (Å²) >= 11 is 0. The van der Waals surface area contributed by atoms with Crippen LogP contribution in [-0.2, 0) is 0 Å². The lowest BCUT2D eigenvalue weighted by atomic mass is 10.1. The van der Waals surface area contributed by atoms with Gasteiger partial charge < -0.3 is 20.6 Å².